The van der Waals surface area contributed by atoms with E-state index in [-0.39, 0.29) is 12.7 Å². The molecule has 1 aromatic carbocycles. The molecule has 0 aliphatic rings. The van der Waals surface area contributed by atoms with Crippen LogP contribution in [0, 0.1) is 0 Å². The summed E-state index contributed by atoms with van der Waals surface area (Å²) in [5, 5.41) is 0.811. The minimum absolute atomic E-state index is 0.181. The van der Waals surface area contributed by atoms with E-state index >= 15 is 0 Å². The molecule has 0 atom stereocenters. The lowest BCUT2D eigenvalue weighted by Gasteiger charge is -2.33. The number of ether oxygens (including phenoxy) is 1. The van der Waals surface area contributed by atoms with Crippen molar-refractivity contribution in [2.24, 2.45) is 0 Å². The zero-order chi connectivity index (χ0) is 15.6. The molecule has 3 nitrogen and oxygen atoms in total. The van der Waals surface area contributed by atoms with Crippen LogP contribution in [0.15, 0.2) is 30.3 Å². The van der Waals surface area contributed by atoms with Crippen LogP contribution in [0.2, 0.25) is 0 Å². The molecule has 0 bridgehead atoms. The van der Waals surface area contributed by atoms with Crippen molar-refractivity contribution in [3.05, 3.63) is 30.3 Å². The second-order valence-corrected chi connectivity index (χ2v) is 3.95. The Morgan fingerprint density at radius 3 is 1.85 bits per heavy atom. The van der Waals surface area contributed by atoms with Crippen molar-refractivity contribution in [1.82, 2.24) is 5.32 Å². The lowest BCUT2D eigenvalue weighted by atomic mass is 10.0. The fourth-order valence-electron chi connectivity index (χ4n) is 1.13. The first-order chi connectivity index (χ1) is 8.97. The quantitative estimate of drug-likeness (QED) is 0.847. The first-order valence-corrected chi connectivity index (χ1v) is 5.16. The van der Waals surface area contributed by atoms with Crippen molar-refractivity contribution >= 4 is 6.09 Å². The molecule has 0 radical (unpaired) electrons. The fourth-order valence-corrected chi connectivity index (χ4v) is 1.13. The van der Waals surface area contributed by atoms with Crippen LogP contribution in [0.1, 0.15) is 6.92 Å². The van der Waals surface area contributed by atoms with Crippen LogP contribution in [0.5, 0.6) is 5.75 Å². The number of carbonyl (C=O) groups is 1. The van der Waals surface area contributed by atoms with E-state index in [0.29, 0.717) is 0 Å². The number of rotatable bonds is 2. The van der Waals surface area contributed by atoms with Crippen LogP contribution in [-0.4, -0.2) is 24.0 Å². The number of amides is 1. The van der Waals surface area contributed by atoms with E-state index in [9.17, 15) is 31.1 Å². The number of carbonyl (C=O) groups excluding carboxylic acids is 1. The summed E-state index contributed by atoms with van der Waals surface area (Å²) in [7, 11) is 0. The van der Waals surface area contributed by atoms with Gasteiger partial charge in [-0.1, -0.05) is 18.2 Å². The molecule has 0 fully saturated rings. The molecule has 1 amide bonds. The third kappa shape index (κ3) is 3.34. The van der Waals surface area contributed by atoms with Gasteiger partial charge >= 0.3 is 18.4 Å². The predicted octanol–water partition coefficient (Wildman–Crippen LogP) is 3.66. The molecular formula is C11H9F6NO2. The van der Waals surface area contributed by atoms with E-state index in [1.54, 1.807) is 0 Å². The summed E-state index contributed by atoms with van der Waals surface area (Å²) in [6, 6.07) is 6.74. The Bertz CT molecular complexity index is 454. The monoisotopic (exact) mass is 301 g/mol. The highest BCUT2D eigenvalue weighted by molar-refractivity contribution is 5.71. The Morgan fingerprint density at radius 1 is 1.00 bits per heavy atom. The molecule has 0 unspecified atom stereocenters. The van der Waals surface area contributed by atoms with Gasteiger partial charge in [-0.25, -0.2) is 4.79 Å². The highest BCUT2D eigenvalue weighted by Crippen LogP contribution is 2.42. The second-order valence-electron chi connectivity index (χ2n) is 3.95. The minimum Gasteiger partial charge on any atom is -0.410 e. The smallest absolute Gasteiger partial charge is 0.410 e. The SMILES string of the molecule is CC(NC(=O)Oc1ccccc1)(C(F)(F)F)C(F)(F)F. The van der Waals surface area contributed by atoms with Gasteiger partial charge in [0, 0.05) is 0 Å². The van der Waals surface area contributed by atoms with Crippen molar-refractivity contribution < 1.29 is 35.9 Å². The van der Waals surface area contributed by atoms with Crippen molar-refractivity contribution in [3.63, 3.8) is 0 Å². The standard InChI is InChI=1S/C11H9F6NO2/c1-9(10(12,13)14,11(15,16)17)18-8(19)20-7-5-3-2-4-6-7/h2-6H,1H3,(H,18,19). The van der Waals surface area contributed by atoms with Crippen molar-refractivity contribution in [2.75, 3.05) is 0 Å². The van der Waals surface area contributed by atoms with Crippen LogP contribution in [-0.2, 0) is 0 Å². The van der Waals surface area contributed by atoms with E-state index in [4.69, 9.17) is 0 Å². The Morgan fingerprint density at radius 2 is 1.45 bits per heavy atom. The van der Waals surface area contributed by atoms with Gasteiger partial charge in [0.1, 0.15) is 5.75 Å². The molecule has 0 aliphatic heterocycles. The first-order valence-electron chi connectivity index (χ1n) is 5.16. The van der Waals surface area contributed by atoms with Gasteiger partial charge in [-0.15, -0.1) is 0 Å². The molecular weight excluding hydrogens is 292 g/mol. The van der Waals surface area contributed by atoms with E-state index < -0.39 is 24.0 Å². The third-order valence-corrected chi connectivity index (χ3v) is 2.44. The van der Waals surface area contributed by atoms with Crippen LogP contribution < -0.4 is 10.1 Å². The normalized spacial score (nSPS) is 12.9. The number of nitrogens with one attached hydrogen (secondary N) is 1. The van der Waals surface area contributed by atoms with Gasteiger partial charge in [-0.2, -0.15) is 26.3 Å². The van der Waals surface area contributed by atoms with Crippen LogP contribution >= 0.6 is 0 Å². The summed E-state index contributed by atoms with van der Waals surface area (Å²) >= 11 is 0. The Kier molecular flexibility index (Phi) is 4.21. The molecule has 9 heteroatoms. The molecule has 20 heavy (non-hydrogen) atoms. The number of hydrogen-bond donors (Lipinski definition) is 1. The maximum absolute atomic E-state index is 12.5. The highest BCUT2D eigenvalue weighted by Gasteiger charge is 2.69. The van der Waals surface area contributed by atoms with Crippen LogP contribution in [0.25, 0.3) is 0 Å². The summed E-state index contributed by atoms with van der Waals surface area (Å²) in [4.78, 5) is 11.2. The number of para-hydroxylation sites is 1. The average molecular weight is 301 g/mol. The van der Waals surface area contributed by atoms with Gasteiger partial charge in [0.05, 0.1) is 0 Å². The first kappa shape index (κ1) is 16.1. The molecule has 0 aromatic heterocycles. The zero-order valence-corrected chi connectivity index (χ0v) is 9.97. The van der Waals surface area contributed by atoms with Gasteiger partial charge in [0.15, 0.2) is 0 Å². The number of benzene rings is 1. The lowest BCUT2D eigenvalue weighted by Crippen LogP contribution is -2.65. The number of halogens is 6. The molecule has 1 aromatic rings. The van der Waals surface area contributed by atoms with Crippen LogP contribution in [0.4, 0.5) is 31.1 Å². The van der Waals surface area contributed by atoms with Gasteiger partial charge in [0.25, 0.3) is 0 Å². The molecule has 112 valence electrons. The fraction of sp³-hybridized carbons (Fsp3) is 0.364. The number of hydrogen-bond acceptors (Lipinski definition) is 2. The van der Waals surface area contributed by atoms with Gasteiger partial charge in [0.2, 0.25) is 5.54 Å². The topological polar surface area (TPSA) is 38.3 Å². The average Bonchev–Trinajstić information content (AvgIpc) is 2.26. The Labute approximate surface area is 109 Å². The maximum atomic E-state index is 12.5. The van der Waals surface area contributed by atoms with Gasteiger partial charge in [-0.3, -0.25) is 5.32 Å². The van der Waals surface area contributed by atoms with Gasteiger partial charge in [-0.05, 0) is 19.1 Å². The summed E-state index contributed by atoms with van der Waals surface area (Å²) in [6.45, 7) is -0.181. The van der Waals surface area contributed by atoms with Crippen molar-refractivity contribution in [2.45, 2.75) is 24.8 Å². The van der Waals surface area contributed by atoms with E-state index in [2.05, 4.69) is 4.74 Å². The predicted molar refractivity (Wildman–Crippen MR) is 56.1 cm³/mol. The maximum Gasteiger partial charge on any atom is 0.420 e. The largest absolute Gasteiger partial charge is 0.420 e. The highest BCUT2D eigenvalue weighted by atomic mass is 19.4. The molecule has 0 aliphatic carbocycles. The summed E-state index contributed by atoms with van der Waals surface area (Å²) in [6.07, 6.45) is -13.3. The third-order valence-electron chi connectivity index (χ3n) is 2.44. The summed E-state index contributed by atoms with van der Waals surface area (Å²) in [5.74, 6) is -0.184. The Balaban J connectivity index is 2.90. The minimum atomic E-state index is -5.72. The number of alkyl halides is 6. The molecule has 1 N–H and O–H groups in total. The molecule has 1 rings (SSSR count). The Hall–Kier alpha value is -1.93. The summed E-state index contributed by atoms with van der Waals surface area (Å²) in [5.41, 5.74) is -4.40. The van der Waals surface area contributed by atoms with Crippen molar-refractivity contribution in [1.29, 1.82) is 0 Å². The van der Waals surface area contributed by atoms with E-state index in [1.807, 2.05) is 0 Å². The van der Waals surface area contributed by atoms with Gasteiger partial charge < -0.3 is 4.74 Å². The molecule has 0 saturated heterocycles. The van der Waals surface area contributed by atoms with E-state index in [0.717, 1.165) is 5.32 Å². The molecule has 0 saturated carbocycles. The molecule has 0 heterocycles. The van der Waals surface area contributed by atoms with E-state index in [1.165, 1.54) is 30.3 Å². The van der Waals surface area contributed by atoms with Crippen LogP contribution in [0.3, 0.4) is 0 Å². The van der Waals surface area contributed by atoms with Crippen molar-refractivity contribution in [3.8, 4) is 5.75 Å². The zero-order valence-electron chi connectivity index (χ0n) is 9.97. The summed E-state index contributed by atoms with van der Waals surface area (Å²) < 4.78 is 79.4. The second kappa shape index (κ2) is 5.22. The lowest BCUT2D eigenvalue weighted by molar-refractivity contribution is -0.298. The molecule has 0 spiro atoms.